The summed E-state index contributed by atoms with van der Waals surface area (Å²) in [4.78, 5) is 21.4. The predicted molar refractivity (Wildman–Crippen MR) is 136 cm³/mol. The molecule has 0 unspecified atom stereocenters. The smallest absolute Gasteiger partial charge is 0.266 e. The topological polar surface area (TPSA) is 104 Å². The Labute approximate surface area is 203 Å². The molecule has 0 atom stereocenters. The van der Waals surface area contributed by atoms with Crippen molar-refractivity contribution in [1.29, 1.82) is 5.26 Å². The largest absolute Gasteiger partial charge is 0.439 e. The lowest BCUT2D eigenvalue weighted by molar-refractivity contribution is -0.112. The summed E-state index contributed by atoms with van der Waals surface area (Å²) in [5.41, 5.74) is 3.08. The van der Waals surface area contributed by atoms with Gasteiger partial charge in [-0.05, 0) is 36.1 Å². The molecule has 8 heteroatoms. The van der Waals surface area contributed by atoms with Crippen molar-refractivity contribution in [2.24, 2.45) is 5.41 Å². The Morgan fingerprint density at radius 2 is 1.94 bits per heavy atom. The van der Waals surface area contributed by atoms with Gasteiger partial charge < -0.3 is 15.4 Å². The number of nitrogens with zero attached hydrogens (tertiary/aromatic N) is 4. The molecule has 0 radical (unpaired) electrons. The third-order valence-corrected chi connectivity index (χ3v) is 5.08. The van der Waals surface area contributed by atoms with E-state index in [1.807, 2.05) is 58.0 Å². The highest BCUT2D eigenvalue weighted by Gasteiger charge is 2.16. The van der Waals surface area contributed by atoms with Crippen LogP contribution in [-0.2, 0) is 4.79 Å². The third kappa shape index (κ3) is 5.65. The van der Waals surface area contributed by atoms with E-state index < -0.39 is 5.91 Å². The fourth-order valence-electron chi connectivity index (χ4n) is 3.44. The van der Waals surface area contributed by atoms with E-state index in [-0.39, 0.29) is 11.0 Å². The summed E-state index contributed by atoms with van der Waals surface area (Å²) in [6.45, 7) is 7.81. The zero-order valence-electron chi connectivity index (χ0n) is 20.0. The van der Waals surface area contributed by atoms with Gasteiger partial charge in [-0.2, -0.15) is 5.26 Å². The summed E-state index contributed by atoms with van der Waals surface area (Å²) in [7, 11) is 0. The van der Waals surface area contributed by atoms with Gasteiger partial charge in [0.2, 0.25) is 5.88 Å². The van der Waals surface area contributed by atoms with Crippen LogP contribution in [0.3, 0.4) is 0 Å². The number of fused-ring (bicyclic) bond motifs is 1. The molecule has 1 amide bonds. The number of rotatable bonds is 6. The van der Waals surface area contributed by atoms with Gasteiger partial charge in [0.1, 0.15) is 29.2 Å². The lowest BCUT2D eigenvalue weighted by atomic mass is 9.93. The molecule has 2 aromatic carbocycles. The van der Waals surface area contributed by atoms with Crippen LogP contribution in [0.25, 0.3) is 5.52 Å². The zero-order valence-corrected chi connectivity index (χ0v) is 20.0. The number of benzene rings is 2. The number of aromatic nitrogens is 3. The molecule has 2 aromatic heterocycles. The number of carbonyl (C=O) groups is 1. The fourth-order valence-corrected chi connectivity index (χ4v) is 3.44. The van der Waals surface area contributed by atoms with Crippen LogP contribution < -0.4 is 15.4 Å². The quantitative estimate of drug-likeness (QED) is 0.266. The number of anilines is 3. The maximum absolute atomic E-state index is 12.6. The van der Waals surface area contributed by atoms with Gasteiger partial charge in [-0.15, -0.1) is 0 Å². The number of ether oxygens (including phenoxy) is 1. The van der Waals surface area contributed by atoms with Crippen LogP contribution in [0.4, 0.5) is 17.2 Å². The zero-order chi connectivity index (χ0) is 25.0. The van der Waals surface area contributed by atoms with E-state index >= 15 is 0 Å². The van der Waals surface area contributed by atoms with Crippen LogP contribution in [0, 0.1) is 23.7 Å². The molecule has 0 aliphatic rings. The molecule has 0 spiro atoms. The first-order valence-corrected chi connectivity index (χ1v) is 11.1. The Morgan fingerprint density at radius 3 is 2.69 bits per heavy atom. The van der Waals surface area contributed by atoms with Crippen LogP contribution >= 0.6 is 0 Å². The van der Waals surface area contributed by atoms with Crippen molar-refractivity contribution >= 4 is 28.6 Å². The van der Waals surface area contributed by atoms with E-state index in [2.05, 4.69) is 20.6 Å². The second-order valence-corrected chi connectivity index (χ2v) is 9.15. The Balaban J connectivity index is 1.56. The summed E-state index contributed by atoms with van der Waals surface area (Å²) in [6, 6.07) is 16.9. The normalized spacial score (nSPS) is 11.7. The van der Waals surface area contributed by atoms with E-state index in [9.17, 15) is 10.1 Å². The molecular weight excluding hydrogens is 440 g/mol. The lowest BCUT2D eigenvalue weighted by Gasteiger charge is -2.14. The van der Waals surface area contributed by atoms with Crippen molar-refractivity contribution in [2.75, 3.05) is 10.6 Å². The highest BCUT2D eigenvalue weighted by atomic mass is 16.5. The number of nitriles is 1. The van der Waals surface area contributed by atoms with E-state index in [0.717, 1.165) is 16.8 Å². The predicted octanol–water partition coefficient (Wildman–Crippen LogP) is 6.01. The van der Waals surface area contributed by atoms with E-state index in [0.29, 0.717) is 23.1 Å². The first kappa shape index (κ1) is 23.5. The first-order chi connectivity index (χ1) is 16.7. The standard InChI is InChI=1S/C27H26N6O2/c1-18-8-5-6-11-22(18)32-25-23-15-29-17-33(23)24(16-30-25)35-21-10-7-9-20(12-21)31-26(34)19(14-28)13-27(2,3)4/h5-13,15-17H,1-4H3,(H,30,32)(H,31,34)/b19-13+. The van der Waals surface area contributed by atoms with Crippen molar-refractivity contribution in [1.82, 2.24) is 14.4 Å². The number of allylic oxidation sites excluding steroid dienone is 1. The van der Waals surface area contributed by atoms with Crippen molar-refractivity contribution in [2.45, 2.75) is 27.7 Å². The van der Waals surface area contributed by atoms with Gasteiger partial charge >= 0.3 is 0 Å². The van der Waals surface area contributed by atoms with E-state index in [1.165, 1.54) is 0 Å². The van der Waals surface area contributed by atoms with Gasteiger partial charge in [0.25, 0.3) is 5.91 Å². The molecular formula is C27H26N6O2. The maximum atomic E-state index is 12.6. The number of para-hydroxylation sites is 1. The number of aryl methyl sites for hydroxylation is 1. The van der Waals surface area contributed by atoms with Gasteiger partial charge in [0.05, 0.1) is 12.4 Å². The lowest BCUT2D eigenvalue weighted by Crippen LogP contribution is -2.16. The number of imidazole rings is 1. The highest BCUT2D eigenvalue weighted by Crippen LogP contribution is 2.29. The number of hydrogen-bond donors (Lipinski definition) is 2. The Morgan fingerprint density at radius 1 is 1.14 bits per heavy atom. The van der Waals surface area contributed by atoms with Crippen molar-refractivity contribution < 1.29 is 9.53 Å². The molecule has 176 valence electrons. The number of amides is 1. The average Bonchev–Trinajstić information content (AvgIpc) is 3.31. The average molecular weight is 467 g/mol. The third-order valence-electron chi connectivity index (χ3n) is 5.08. The van der Waals surface area contributed by atoms with Crippen molar-refractivity contribution in [3.63, 3.8) is 0 Å². The van der Waals surface area contributed by atoms with Crippen molar-refractivity contribution in [3.8, 4) is 17.7 Å². The van der Waals surface area contributed by atoms with Crippen LogP contribution in [-0.4, -0.2) is 20.3 Å². The molecule has 0 fully saturated rings. The second-order valence-electron chi connectivity index (χ2n) is 9.15. The fraction of sp³-hybridized carbons (Fsp3) is 0.185. The van der Waals surface area contributed by atoms with E-state index in [4.69, 9.17) is 4.74 Å². The number of hydrogen-bond acceptors (Lipinski definition) is 6. The Hall–Kier alpha value is -4.64. The summed E-state index contributed by atoms with van der Waals surface area (Å²) < 4.78 is 7.86. The molecule has 0 bridgehead atoms. The number of carbonyl (C=O) groups excluding carboxylic acids is 1. The minimum absolute atomic E-state index is 0.0601. The summed E-state index contributed by atoms with van der Waals surface area (Å²) in [5, 5.41) is 15.5. The Bertz CT molecular complexity index is 1460. The van der Waals surface area contributed by atoms with Gasteiger partial charge in [-0.3, -0.25) is 9.20 Å². The van der Waals surface area contributed by atoms with Crippen LogP contribution in [0.5, 0.6) is 11.6 Å². The van der Waals surface area contributed by atoms with Crippen LogP contribution in [0.2, 0.25) is 0 Å². The minimum Gasteiger partial charge on any atom is -0.439 e. The number of nitrogens with one attached hydrogen (secondary N) is 2. The molecule has 2 heterocycles. The van der Waals surface area contributed by atoms with Crippen molar-refractivity contribution in [3.05, 3.63) is 84.5 Å². The molecule has 0 saturated carbocycles. The van der Waals surface area contributed by atoms with Crippen LogP contribution in [0.15, 0.2) is 78.9 Å². The summed E-state index contributed by atoms with van der Waals surface area (Å²) in [5.74, 6) is 1.14. The molecule has 35 heavy (non-hydrogen) atoms. The SMILES string of the molecule is Cc1ccccc1Nc1ncc(Oc2cccc(NC(=O)/C(C#N)=C/C(C)(C)C)c2)n2cncc12. The maximum Gasteiger partial charge on any atom is 0.266 e. The van der Waals surface area contributed by atoms with Gasteiger partial charge in [-0.25, -0.2) is 9.97 Å². The van der Waals surface area contributed by atoms with Gasteiger partial charge in [-0.1, -0.05) is 51.1 Å². The molecule has 2 N–H and O–H groups in total. The molecule has 8 nitrogen and oxygen atoms in total. The summed E-state index contributed by atoms with van der Waals surface area (Å²) in [6.07, 6.45) is 6.62. The molecule has 0 aliphatic heterocycles. The highest BCUT2D eigenvalue weighted by molar-refractivity contribution is 6.06. The monoisotopic (exact) mass is 466 g/mol. The second kappa shape index (κ2) is 9.69. The summed E-state index contributed by atoms with van der Waals surface area (Å²) >= 11 is 0. The van der Waals surface area contributed by atoms with Gasteiger partial charge in [0, 0.05) is 17.4 Å². The first-order valence-electron chi connectivity index (χ1n) is 11.1. The molecule has 0 saturated heterocycles. The van der Waals surface area contributed by atoms with Gasteiger partial charge in [0.15, 0.2) is 5.82 Å². The van der Waals surface area contributed by atoms with Crippen LogP contribution in [0.1, 0.15) is 26.3 Å². The van der Waals surface area contributed by atoms with E-state index in [1.54, 1.807) is 53.5 Å². The Kier molecular flexibility index (Phi) is 6.51. The molecule has 4 rings (SSSR count). The minimum atomic E-state index is -0.468. The molecule has 0 aliphatic carbocycles. The molecule has 4 aromatic rings.